The van der Waals surface area contributed by atoms with Crippen molar-refractivity contribution in [1.82, 2.24) is 0 Å². The average molecular weight is 1090 g/mol. The van der Waals surface area contributed by atoms with Gasteiger partial charge >= 0.3 is 25.7 Å². The van der Waals surface area contributed by atoms with Crippen molar-refractivity contribution in [1.29, 1.82) is 0 Å². The third-order valence-corrected chi connectivity index (χ3v) is 14.3. The summed E-state index contributed by atoms with van der Waals surface area (Å²) in [6.45, 7) is 4.52. The van der Waals surface area contributed by atoms with Crippen LogP contribution in [0.1, 0.15) is 290 Å². The molecule has 442 valence electrons. The minimum absolute atomic E-state index is 0.142. The van der Waals surface area contributed by atoms with Crippen LogP contribution in [0.4, 0.5) is 0 Å². The van der Waals surface area contributed by atoms with Crippen LogP contribution in [-0.2, 0) is 42.2 Å². The molecule has 0 amide bonds. The average Bonchev–Trinajstić information content (AvgIpc) is 3.41. The molecule has 0 bridgehead atoms. The second-order valence-corrected chi connectivity index (χ2v) is 22.3. The van der Waals surface area contributed by atoms with Gasteiger partial charge in [0.05, 0.1) is 19.8 Å². The Morgan fingerprint density at radius 2 is 0.684 bits per heavy atom. The molecule has 3 unspecified atom stereocenters. The van der Waals surface area contributed by atoms with E-state index in [1.807, 2.05) is 0 Å². The molecule has 0 fully saturated rings. The van der Waals surface area contributed by atoms with Gasteiger partial charge in [0.25, 0.3) is 0 Å². The maximum atomic E-state index is 12.9. The summed E-state index contributed by atoms with van der Waals surface area (Å²) in [7, 11) is -4.76. The van der Waals surface area contributed by atoms with E-state index in [1.165, 1.54) is 141 Å². The number of esters is 3. The zero-order valence-corrected chi connectivity index (χ0v) is 49.9. The second-order valence-electron chi connectivity index (χ2n) is 20.8. The van der Waals surface area contributed by atoms with E-state index in [-0.39, 0.29) is 25.9 Å². The van der Waals surface area contributed by atoms with E-state index in [0.717, 1.165) is 89.9 Å². The molecule has 0 spiro atoms. The van der Waals surface area contributed by atoms with Gasteiger partial charge in [0, 0.05) is 19.3 Å². The first-order chi connectivity index (χ1) is 37.2. The van der Waals surface area contributed by atoms with Crippen molar-refractivity contribution < 1.29 is 52.2 Å². The predicted molar refractivity (Wildman–Crippen MR) is 316 cm³/mol. The lowest BCUT2D eigenvalue weighted by Crippen LogP contribution is -2.30. The van der Waals surface area contributed by atoms with Crippen molar-refractivity contribution >= 4 is 25.7 Å². The topological polar surface area (TPSA) is 155 Å². The molecular formula is C64H115O11P. The molecule has 3 atom stereocenters. The van der Waals surface area contributed by atoms with Crippen molar-refractivity contribution in [2.45, 2.75) is 303 Å². The van der Waals surface area contributed by atoms with Gasteiger partial charge in [0.15, 0.2) is 6.10 Å². The number of unbranched alkanes of at least 4 members (excludes halogenated alkanes) is 31. The zero-order chi connectivity index (χ0) is 55.5. The molecule has 11 nitrogen and oxygen atoms in total. The lowest BCUT2D eigenvalue weighted by molar-refractivity contribution is -0.161. The van der Waals surface area contributed by atoms with Crippen LogP contribution >= 0.6 is 7.82 Å². The van der Waals surface area contributed by atoms with E-state index in [1.54, 1.807) is 0 Å². The number of allylic oxidation sites excluding steroid dienone is 10. The number of hydrogen-bond donors (Lipinski definition) is 2. The Morgan fingerprint density at radius 1 is 0.382 bits per heavy atom. The molecule has 2 N–H and O–H groups in total. The van der Waals surface area contributed by atoms with Gasteiger partial charge in [-0.15, -0.1) is 0 Å². The number of rotatable bonds is 58. The number of carbonyl (C=O) groups is 3. The molecule has 0 radical (unpaired) electrons. The first-order valence-corrected chi connectivity index (χ1v) is 32.7. The van der Waals surface area contributed by atoms with Crippen molar-refractivity contribution in [2.75, 3.05) is 26.4 Å². The quantitative estimate of drug-likeness (QED) is 0.0197. The van der Waals surface area contributed by atoms with E-state index < -0.39 is 57.8 Å². The fourth-order valence-corrected chi connectivity index (χ4v) is 9.44. The fraction of sp³-hybridized carbons (Fsp3) is 0.797. The van der Waals surface area contributed by atoms with Crippen LogP contribution in [0.5, 0.6) is 0 Å². The number of phosphoric ester groups is 1. The molecule has 0 heterocycles. The summed E-state index contributed by atoms with van der Waals surface area (Å²) in [4.78, 5) is 48.6. The van der Waals surface area contributed by atoms with E-state index in [4.69, 9.17) is 23.3 Å². The molecule has 0 aromatic heterocycles. The number of aliphatic hydroxyl groups is 1. The van der Waals surface area contributed by atoms with Crippen LogP contribution in [0.2, 0.25) is 0 Å². The van der Waals surface area contributed by atoms with Crippen LogP contribution in [0.3, 0.4) is 0 Å². The number of aliphatic hydroxyl groups excluding tert-OH is 1. The highest BCUT2D eigenvalue weighted by atomic mass is 31.2. The maximum Gasteiger partial charge on any atom is 0.472 e. The summed E-state index contributed by atoms with van der Waals surface area (Å²) >= 11 is 0. The van der Waals surface area contributed by atoms with Gasteiger partial charge in [-0.25, -0.2) is 4.57 Å². The Kier molecular flexibility index (Phi) is 56.2. The Bertz CT molecular complexity index is 1510. The highest BCUT2D eigenvalue weighted by Crippen LogP contribution is 2.43. The minimum atomic E-state index is -4.76. The molecule has 0 aromatic carbocycles. The molecule has 12 heteroatoms. The van der Waals surface area contributed by atoms with E-state index in [9.17, 15) is 28.9 Å². The monoisotopic (exact) mass is 1090 g/mol. The van der Waals surface area contributed by atoms with Crippen molar-refractivity contribution in [3.63, 3.8) is 0 Å². The third kappa shape index (κ3) is 55.9. The van der Waals surface area contributed by atoms with E-state index in [2.05, 4.69) is 81.5 Å². The zero-order valence-electron chi connectivity index (χ0n) is 49.0. The number of phosphoric acid groups is 1. The molecule has 0 aliphatic heterocycles. The van der Waals surface area contributed by atoms with Crippen LogP contribution in [0.15, 0.2) is 60.8 Å². The molecule has 0 aliphatic carbocycles. The maximum absolute atomic E-state index is 12.9. The standard InChI is InChI=1S/C64H115O11P/c1-4-7-10-13-16-19-22-25-27-29-30-32-33-36-38-41-44-47-50-53-62(66)71-57-61(75-64(68)55-52-49-46-43-40-37-34-31-28-26-23-20-17-14-11-8-5-2)59-73-76(69,70)72-58-60(56-65)74-63(67)54-51-48-45-42-39-35-24-21-18-15-12-9-6-3/h9,12,18,21,25-28,35,39,60-61,65H,4-8,10-11,13-17,19-20,22-24,29-34,36-38,40-59H2,1-3H3,(H,69,70)/b12-9-,21-18-,27-25-,28-26-,39-35-. The van der Waals surface area contributed by atoms with Gasteiger partial charge < -0.3 is 24.2 Å². The Balaban J connectivity index is 4.72. The van der Waals surface area contributed by atoms with Crippen molar-refractivity contribution in [3.05, 3.63) is 60.8 Å². The Hall–Kier alpha value is -2.82. The first kappa shape index (κ1) is 73.2. The van der Waals surface area contributed by atoms with Gasteiger partial charge in [-0.1, -0.05) is 229 Å². The number of carbonyl (C=O) groups excluding carboxylic acids is 3. The van der Waals surface area contributed by atoms with E-state index in [0.29, 0.717) is 19.3 Å². The van der Waals surface area contributed by atoms with Crippen molar-refractivity contribution in [3.8, 4) is 0 Å². The smallest absolute Gasteiger partial charge is 0.462 e. The number of ether oxygens (including phenoxy) is 3. The third-order valence-electron chi connectivity index (χ3n) is 13.4. The molecule has 76 heavy (non-hydrogen) atoms. The van der Waals surface area contributed by atoms with Gasteiger partial charge in [0.1, 0.15) is 12.7 Å². The summed E-state index contributed by atoms with van der Waals surface area (Å²) in [5, 5.41) is 9.82. The van der Waals surface area contributed by atoms with Gasteiger partial charge in [-0.2, -0.15) is 0 Å². The van der Waals surface area contributed by atoms with Crippen LogP contribution < -0.4 is 0 Å². The fourth-order valence-electron chi connectivity index (χ4n) is 8.66. The summed E-state index contributed by atoms with van der Waals surface area (Å²) < 4.78 is 39.6. The van der Waals surface area contributed by atoms with E-state index >= 15 is 0 Å². The molecular weight excluding hydrogens is 976 g/mol. The normalized spacial score (nSPS) is 13.7. The predicted octanol–water partition coefficient (Wildman–Crippen LogP) is 18.7. The van der Waals surface area contributed by atoms with Crippen LogP contribution in [0, 0.1) is 0 Å². The van der Waals surface area contributed by atoms with Gasteiger partial charge in [0.2, 0.25) is 0 Å². The Morgan fingerprint density at radius 3 is 1.08 bits per heavy atom. The first-order valence-electron chi connectivity index (χ1n) is 31.2. The molecule has 0 saturated carbocycles. The highest BCUT2D eigenvalue weighted by Gasteiger charge is 2.28. The molecule has 0 saturated heterocycles. The molecule has 0 rings (SSSR count). The SMILES string of the molecule is CC/C=C\C/C=C\C/C=C\CCCCCC(=O)OC(CO)COP(=O)(O)OCC(COC(=O)CCCCCCCCCCC/C=C\CCCCCCCC)OC(=O)CCCCCCCCC/C=C\CCCCCCCC. The summed E-state index contributed by atoms with van der Waals surface area (Å²) in [5.41, 5.74) is 0. The van der Waals surface area contributed by atoms with Gasteiger partial charge in [-0.05, 0) is 103 Å². The van der Waals surface area contributed by atoms with Gasteiger partial charge in [-0.3, -0.25) is 23.4 Å². The second kappa shape index (κ2) is 58.3. The summed E-state index contributed by atoms with van der Waals surface area (Å²) in [6.07, 6.45) is 64.6. The lowest BCUT2D eigenvalue weighted by atomic mass is 10.1. The van der Waals surface area contributed by atoms with Crippen molar-refractivity contribution in [2.24, 2.45) is 0 Å². The molecule has 0 aromatic rings. The van der Waals surface area contributed by atoms with Crippen LogP contribution in [0.25, 0.3) is 0 Å². The minimum Gasteiger partial charge on any atom is -0.462 e. The summed E-state index contributed by atoms with van der Waals surface area (Å²) in [6, 6.07) is 0. The lowest BCUT2D eigenvalue weighted by Gasteiger charge is -2.21. The number of hydrogen-bond acceptors (Lipinski definition) is 10. The Labute approximate surface area is 465 Å². The molecule has 0 aliphatic rings. The van der Waals surface area contributed by atoms with Crippen LogP contribution in [-0.4, -0.2) is 66.5 Å². The summed E-state index contributed by atoms with van der Waals surface area (Å²) in [5.74, 6) is -1.49. The highest BCUT2D eigenvalue weighted by molar-refractivity contribution is 7.47. The largest absolute Gasteiger partial charge is 0.472 e.